The fourth-order valence-corrected chi connectivity index (χ4v) is 3.81. The quantitative estimate of drug-likeness (QED) is 0.633. The molecule has 2 rings (SSSR count). The number of nitriles is 1. The smallest absolute Gasteiger partial charge is 0.243 e. The van der Waals surface area contributed by atoms with Crippen molar-refractivity contribution < 1.29 is 4.79 Å². The van der Waals surface area contributed by atoms with Gasteiger partial charge < -0.3 is 10.6 Å². The van der Waals surface area contributed by atoms with Gasteiger partial charge in [0.2, 0.25) is 5.91 Å². The van der Waals surface area contributed by atoms with E-state index < -0.39 is 6.04 Å². The Morgan fingerprint density at radius 1 is 1.24 bits per heavy atom. The topological polar surface area (TPSA) is 64.9 Å². The summed E-state index contributed by atoms with van der Waals surface area (Å²) in [4.78, 5) is 12.4. The van der Waals surface area contributed by atoms with Crippen LogP contribution in [0.15, 0.2) is 29.0 Å². The Morgan fingerprint density at radius 3 is 2.52 bits per heavy atom. The van der Waals surface area contributed by atoms with Gasteiger partial charge >= 0.3 is 0 Å². The van der Waals surface area contributed by atoms with E-state index >= 15 is 0 Å². The van der Waals surface area contributed by atoms with E-state index in [4.69, 9.17) is 28.5 Å². The first kappa shape index (κ1) is 19.6. The van der Waals surface area contributed by atoms with E-state index in [1.807, 2.05) is 29.0 Å². The van der Waals surface area contributed by atoms with Crippen LogP contribution in [-0.2, 0) is 4.79 Å². The predicted molar refractivity (Wildman–Crippen MR) is 105 cm³/mol. The molecule has 0 radical (unpaired) electrons. The van der Waals surface area contributed by atoms with Crippen molar-refractivity contribution in [3.05, 3.63) is 39.0 Å². The fraction of sp³-hybridized carbons (Fsp3) is 0.333. The SMILES string of the molecule is CC(C)C[C@H](Nc1cscc1-c1cc(Cl)cc(Cl)c1)C(=O)NCC#N. The molecule has 0 aliphatic carbocycles. The van der Waals surface area contributed by atoms with Crippen molar-refractivity contribution in [2.45, 2.75) is 26.3 Å². The normalized spacial score (nSPS) is 11.8. The van der Waals surface area contributed by atoms with Crippen molar-refractivity contribution in [2.75, 3.05) is 11.9 Å². The highest BCUT2D eigenvalue weighted by molar-refractivity contribution is 7.08. The van der Waals surface area contributed by atoms with Gasteiger partial charge in [-0.15, -0.1) is 11.3 Å². The van der Waals surface area contributed by atoms with Crippen molar-refractivity contribution in [2.24, 2.45) is 5.92 Å². The minimum absolute atomic E-state index is 0.00446. The highest BCUT2D eigenvalue weighted by Gasteiger charge is 2.21. The second-order valence-corrected chi connectivity index (χ2v) is 7.68. The lowest BCUT2D eigenvalue weighted by molar-refractivity contribution is -0.121. The molecule has 0 aliphatic rings. The summed E-state index contributed by atoms with van der Waals surface area (Å²) in [5, 5.41) is 19.7. The van der Waals surface area contributed by atoms with Gasteiger partial charge in [-0.1, -0.05) is 37.0 Å². The van der Waals surface area contributed by atoms with Gasteiger partial charge in [-0.2, -0.15) is 5.26 Å². The molecule has 0 saturated carbocycles. The first-order chi connectivity index (χ1) is 11.9. The summed E-state index contributed by atoms with van der Waals surface area (Å²) in [5.74, 6) is 0.143. The van der Waals surface area contributed by atoms with Crippen LogP contribution in [0.25, 0.3) is 11.1 Å². The minimum Gasteiger partial charge on any atom is -0.372 e. The summed E-state index contributed by atoms with van der Waals surface area (Å²) in [7, 11) is 0. The molecule has 1 aromatic carbocycles. The van der Waals surface area contributed by atoms with Crippen LogP contribution in [0.4, 0.5) is 5.69 Å². The van der Waals surface area contributed by atoms with Gasteiger partial charge in [-0.25, -0.2) is 0 Å². The number of thiophene rings is 1. The third-order valence-electron chi connectivity index (χ3n) is 3.53. The van der Waals surface area contributed by atoms with E-state index in [1.165, 1.54) is 11.3 Å². The molecule has 1 atom stereocenters. The maximum Gasteiger partial charge on any atom is 0.243 e. The highest BCUT2D eigenvalue weighted by atomic mass is 35.5. The van der Waals surface area contributed by atoms with E-state index in [0.29, 0.717) is 22.4 Å². The molecule has 0 bridgehead atoms. The van der Waals surface area contributed by atoms with E-state index in [2.05, 4.69) is 24.5 Å². The van der Waals surface area contributed by atoms with Crippen LogP contribution in [0, 0.1) is 17.2 Å². The summed E-state index contributed by atoms with van der Waals surface area (Å²) >= 11 is 13.7. The maximum absolute atomic E-state index is 12.4. The summed E-state index contributed by atoms with van der Waals surface area (Å²) in [6.07, 6.45) is 0.656. The Morgan fingerprint density at radius 2 is 1.92 bits per heavy atom. The zero-order chi connectivity index (χ0) is 18.4. The number of nitrogens with zero attached hydrogens (tertiary/aromatic N) is 1. The van der Waals surface area contributed by atoms with E-state index in [1.54, 1.807) is 6.07 Å². The Kier molecular flexibility index (Phi) is 7.12. The number of halogens is 2. The lowest BCUT2D eigenvalue weighted by Crippen LogP contribution is -2.40. The molecule has 0 spiro atoms. The monoisotopic (exact) mass is 395 g/mol. The Hall–Kier alpha value is -1.74. The van der Waals surface area contributed by atoms with E-state index in [9.17, 15) is 4.79 Å². The number of nitrogens with one attached hydrogen (secondary N) is 2. The third-order valence-corrected chi connectivity index (χ3v) is 4.71. The molecule has 1 amide bonds. The molecule has 1 heterocycles. The average molecular weight is 396 g/mol. The number of hydrogen-bond acceptors (Lipinski definition) is 4. The zero-order valence-electron chi connectivity index (χ0n) is 14.0. The van der Waals surface area contributed by atoms with Crippen LogP contribution in [0.3, 0.4) is 0 Å². The molecule has 1 aromatic heterocycles. The molecule has 0 saturated heterocycles. The van der Waals surface area contributed by atoms with Crippen LogP contribution >= 0.6 is 34.5 Å². The Balaban J connectivity index is 2.27. The number of carbonyl (C=O) groups is 1. The number of hydrogen-bond donors (Lipinski definition) is 2. The van der Waals surface area contributed by atoms with E-state index in [-0.39, 0.29) is 12.5 Å². The van der Waals surface area contributed by atoms with Crippen molar-refractivity contribution in [3.8, 4) is 17.2 Å². The zero-order valence-corrected chi connectivity index (χ0v) is 16.3. The summed E-state index contributed by atoms with van der Waals surface area (Å²) in [6, 6.07) is 6.87. The lowest BCUT2D eigenvalue weighted by atomic mass is 10.0. The van der Waals surface area contributed by atoms with Crippen LogP contribution in [0.2, 0.25) is 10.0 Å². The maximum atomic E-state index is 12.4. The van der Waals surface area contributed by atoms with E-state index in [0.717, 1.165) is 16.8 Å². The molecule has 7 heteroatoms. The van der Waals surface area contributed by atoms with Crippen LogP contribution < -0.4 is 10.6 Å². The first-order valence-corrected chi connectivity index (χ1v) is 9.54. The van der Waals surface area contributed by atoms with Crippen molar-refractivity contribution in [3.63, 3.8) is 0 Å². The predicted octanol–water partition coefficient (Wildman–Crippen LogP) is 5.19. The number of anilines is 1. The van der Waals surface area contributed by atoms with Gasteiger partial charge in [0.05, 0.1) is 11.8 Å². The van der Waals surface area contributed by atoms with Gasteiger partial charge in [0.1, 0.15) is 12.6 Å². The average Bonchev–Trinajstić information content (AvgIpc) is 2.98. The summed E-state index contributed by atoms with van der Waals surface area (Å²) < 4.78 is 0. The molecule has 2 N–H and O–H groups in total. The molecule has 4 nitrogen and oxygen atoms in total. The number of amides is 1. The third kappa shape index (κ3) is 5.64. The highest BCUT2D eigenvalue weighted by Crippen LogP contribution is 2.35. The second kappa shape index (κ2) is 9.10. The van der Waals surface area contributed by atoms with Crippen molar-refractivity contribution in [1.29, 1.82) is 5.26 Å². The van der Waals surface area contributed by atoms with Crippen LogP contribution in [0.1, 0.15) is 20.3 Å². The van der Waals surface area contributed by atoms with Crippen molar-refractivity contribution >= 4 is 46.1 Å². The van der Waals surface area contributed by atoms with Gasteiger partial charge in [0.15, 0.2) is 0 Å². The summed E-state index contributed by atoms with van der Waals surface area (Å²) in [6.45, 7) is 4.10. The number of carbonyl (C=O) groups excluding carboxylic acids is 1. The molecule has 132 valence electrons. The van der Waals surface area contributed by atoms with Gasteiger partial charge in [0, 0.05) is 26.4 Å². The number of rotatable bonds is 7. The largest absolute Gasteiger partial charge is 0.372 e. The van der Waals surface area contributed by atoms with Crippen LogP contribution in [-0.4, -0.2) is 18.5 Å². The Bertz CT molecular complexity index is 763. The molecule has 0 fully saturated rings. The first-order valence-electron chi connectivity index (χ1n) is 7.84. The molecule has 25 heavy (non-hydrogen) atoms. The van der Waals surface area contributed by atoms with Gasteiger partial charge in [-0.05, 0) is 36.1 Å². The van der Waals surface area contributed by atoms with Crippen molar-refractivity contribution in [1.82, 2.24) is 5.32 Å². The van der Waals surface area contributed by atoms with Gasteiger partial charge in [0.25, 0.3) is 0 Å². The number of benzene rings is 1. The minimum atomic E-state index is -0.420. The lowest BCUT2D eigenvalue weighted by Gasteiger charge is -2.21. The molecule has 2 aromatic rings. The van der Waals surface area contributed by atoms with Gasteiger partial charge in [-0.3, -0.25) is 4.79 Å². The molecular formula is C18H19Cl2N3OS. The standard InChI is InChI=1S/C18H19Cl2N3OS/c1-11(2)5-16(18(24)22-4-3-21)23-17-10-25-9-15(17)12-6-13(19)8-14(20)7-12/h6-11,16,23H,4-5H2,1-2H3,(H,22,24)/t16-/m0/s1. The molecule has 0 unspecified atom stereocenters. The summed E-state index contributed by atoms with van der Waals surface area (Å²) in [5.41, 5.74) is 2.68. The van der Waals surface area contributed by atoms with Crippen LogP contribution in [0.5, 0.6) is 0 Å². The fourth-order valence-electron chi connectivity index (χ4n) is 2.48. The molecular weight excluding hydrogens is 377 g/mol. The second-order valence-electron chi connectivity index (χ2n) is 6.06. The Labute approximate surface area is 161 Å². The molecule has 0 aliphatic heterocycles.